The first-order chi connectivity index (χ1) is 18.8. The molecule has 0 radical (unpaired) electrons. The Morgan fingerprint density at radius 2 is 1.54 bits per heavy atom. The predicted molar refractivity (Wildman–Crippen MR) is 144 cm³/mol. The molecular weight excluding hydrogens is 502 g/mol. The average Bonchev–Trinajstić information content (AvgIpc) is 2.95. The molecule has 39 heavy (non-hydrogen) atoms. The van der Waals surface area contributed by atoms with Crippen molar-refractivity contribution in [2.75, 3.05) is 26.2 Å². The third-order valence-electron chi connectivity index (χ3n) is 6.75. The summed E-state index contributed by atoms with van der Waals surface area (Å²) in [4.78, 5) is 61.3. The van der Waals surface area contributed by atoms with Crippen molar-refractivity contribution >= 4 is 40.0 Å². The molecule has 4 N–H and O–H groups in total. The lowest BCUT2D eigenvalue weighted by Gasteiger charge is -2.36. The third kappa shape index (κ3) is 6.63. The summed E-state index contributed by atoms with van der Waals surface area (Å²) in [5.74, 6) is -2.49. The van der Waals surface area contributed by atoms with E-state index in [1.165, 1.54) is 12.1 Å². The molecule has 202 valence electrons. The monoisotopic (exact) mass is 531 g/mol. The molecule has 0 saturated carbocycles. The SMILES string of the molecule is O=C(Cc1cccc2ccccc12)NCCNC(=O)C1(NC(=O)C(=O)c2ccc([N+](=O)[O-])cc2)CCNCC1. The van der Waals surface area contributed by atoms with Gasteiger partial charge in [0.25, 0.3) is 11.6 Å². The van der Waals surface area contributed by atoms with Crippen LogP contribution >= 0.6 is 0 Å². The van der Waals surface area contributed by atoms with E-state index in [1.807, 2.05) is 42.5 Å². The van der Waals surface area contributed by atoms with Crippen LogP contribution in [0.1, 0.15) is 28.8 Å². The number of amides is 3. The number of nitrogens with zero attached hydrogens (tertiary/aromatic N) is 1. The average molecular weight is 532 g/mol. The van der Waals surface area contributed by atoms with Crippen molar-refractivity contribution in [2.24, 2.45) is 0 Å². The molecule has 0 unspecified atom stereocenters. The molecule has 0 atom stereocenters. The minimum absolute atomic E-state index is 0.0171. The zero-order chi connectivity index (χ0) is 27.8. The van der Waals surface area contributed by atoms with E-state index in [9.17, 15) is 29.3 Å². The lowest BCUT2D eigenvalue weighted by molar-refractivity contribution is -0.384. The summed E-state index contributed by atoms with van der Waals surface area (Å²) in [6, 6.07) is 18.3. The maximum absolute atomic E-state index is 13.2. The number of carbonyl (C=O) groups excluding carboxylic acids is 4. The Labute approximate surface area is 224 Å². The van der Waals surface area contributed by atoms with Gasteiger partial charge in [-0.3, -0.25) is 29.3 Å². The van der Waals surface area contributed by atoms with Crippen LogP contribution in [0.2, 0.25) is 0 Å². The van der Waals surface area contributed by atoms with Crippen LogP contribution in [0.3, 0.4) is 0 Å². The van der Waals surface area contributed by atoms with E-state index in [2.05, 4.69) is 21.3 Å². The topological polar surface area (TPSA) is 160 Å². The molecule has 0 spiro atoms. The number of hydrogen-bond acceptors (Lipinski definition) is 7. The van der Waals surface area contributed by atoms with Crippen molar-refractivity contribution < 1.29 is 24.1 Å². The molecule has 0 bridgehead atoms. The van der Waals surface area contributed by atoms with Gasteiger partial charge in [-0.05, 0) is 54.4 Å². The summed E-state index contributed by atoms with van der Waals surface area (Å²) >= 11 is 0. The minimum atomic E-state index is -1.30. The number of nitrogens with one attached hydrogen (secondary N) is 4. The first-order valence-corrected chi connectivity index (χ1v) is 12.6. The van der Waals surface area contributed by atoms with Gasteiger partial charge in [-0.2, -0.15) is 0 Å². The Bertz CT molecular complexity index is 1390. The molecule has 1 heterocycles. The van der Waals surface area contributed by atoms with Crippen LogP contribution in [-0.4, -0.2) is 60.1 Å². The standard InChI is InChI=1S/C28H29N5O6/c34-24(18-21-6-3-5-19-4-1-2-7-23(19)21)30-16-17-31-27(37)28(12-14-29-15-13-28)32-26(36)25(35)20-8-10-22(11-9-20)33(38)39/h1-11,29H,12-18H2,(H,30,34)(H,31,37)(H,32,36). The zero-order valence-electron chi connectivity index (χ0n) is 21.2. The van der Waals surface area contributed by atoms with Gasteiger partial charge in [0.2, 0.25) is 17.6 Å². The van der Waals surface area contributed by atoms with E-state index >= 15 is 0 Å². The summed E-state index contributed by atoms with van der Waals surface area (Å²) in [5.41, 5.74) is -0.614. The highest BCUT2D eigenvalue weighted by Gasteiger charge is 2.42. The molecule has 0 aromatic heterocycles. The quantitative estimate of drug-likeness (QED) is 0.102. The second kappa shape index (κ2) is 12.3. The Morgan fingerprint density at radius 3 is 2.26 bits per heavy atom. The Hall–Kier alpha value is -4.64. The lowest BCUT2D eigenvalue weighted by Crippen LogP contribution is -2.64. The molecule has 1 saturated heterocycles. The maximum Gasteiger partial charge on any atom is 0.293 e. The number of ketones is 1. The minimum Gasteiger partial charge on any atom is -0.354 e. The number of fused-ring (bicyclic) bond motifs is 1. The van der Waals surface area contributed by atoms with Crippen LogP contribution in [0.5, 0.6) is 0 Å². The number of nitro groups is 1. The molecule has 3 aromatic carbocycles. The molecule has 1 aliphatic heterocycles. The smallest absolute Gasteiger partial charge is 0.293 e. The van der Waals surface area contributed by atoms with Crippen LogP contribution in [0, 0.1) is 10.1 Å². The molecular formula is C28H29N5O6. The predicted octanol–water partition coefficient (Wildman–Crippen LogP) is 1.64. The highest BCUT2D eigenvalue weighted by molar-refractivity contribution is 6.43. The van der Waals surface area contributed by atoms with Crippen molar-refractivity contribution in [3.63, 3.8) is 0 Å². The third-order valence-corrected chi connectivity index (χ3v) is 6.75. The number of nitro benzene ring substituents is 1. The van der Waals surface area contributed by atoms with Crippen molar-refractivity contribution in [2.45, 2.75) is 24.8 Å². The number of benzene rings is 3. The van der Waals surface area contributed by atoms with Gasteiger partial charge in [-0.15, -0.1) is 0 Å². The molecule has 11 nitrogen and oxygen atoms in total. The van der Waals surface area contributed by atoms with Gasteiger partial charge in [0, 0.05) is 30.8 Å². The summed E-state index contributed by atoms with van der Waals surface area (Å²) in [7, 11) is 0. The van der Waals surface area contributed by atoms with E-state index in [4.69, 9.17) is 0 Å². The van der Waals surface area contributed by atoms with Gasteiger partial charge in [-0.1, -0.05) is 42.5 Å². The Morgan fingerprint density at radius 1 is 0.872 bits per heavy atom. The molecule has 1 aliphatic rings. The van der Waals surface area contributed by atoms with E-state index in [0.29, 0.717) is 13.1 Å². The summed E-state index contributed by atoms with van der Waals surface area (Å²) in [6.07, 6.45) is 0.739. The Kier molecular flexibility index (Phi) is 8.62. The molecule has 3 aromatic rings. The van der Waals surface area contributed by atoms with Crippen molar-refractivity contribution in [3.05, 3.63) is 88.0 Å². The van der Waals surface area contributed by atoms with E-state index in [-0.39, 0.29) is 49.5 Å². The zero-order valence-corrected chi connectivity index (χ0v) is 21.2. The first kappa shape index (κ1) is 27.4. The van der Waals surface area contributed by atoms with Gasteiger partial charge in [0.15, 0.2) is 0 Å². The highest BCUT2D eigenvalue weighted by Crippen LogP contribution is 2.20. The molecule has 1 fully saturated rings. The van der Waals surface area contributed by atoms with Crippen LogP contribution < -0.4 is 21.3 Å². The number of rotatable bonds is 10. The fourth-order valence-corrected chi connectivity index (χ4v) is 4.63. The van der Waals surface area contributed by atoms with Gasteiger partial charge in [0.05, 0.1) is 11.3 Å². The summed E-state index contributed by atoms with van der Waals surface area (Å²) < 4.78 is 0. The second-order valence-electron chi connectivity index (χ2n) is 9.34. The van der Waals surface area contributed by atoms with Crippen LogP contribution in [0.4, 0.5) is 5.69 Å². The number of carbonyl (C=O) groups is 4. The number of Topliss-reactive ketones (excluding diaryl/α,β-unsaturated/α-hetero) is 1. The summed E-state index contributed by atoms with van der Waals surface area (Å²) in [5, 5.41) is 24.2. The number of hydrogen-bond donors (Lipinski definition) is 4. The molecule has 0 aliphatic carbocycles. The van der Waals surface area contributed by atoms with Crippen molar-refractivity contribution in [1.29, 1.82) is 0 Å². The largest absolute Gasteiger partial charge is 0.354 e. The Balaban J connectivity index is 1.31. The van der Waals surface area contributed by atoms with Crippen molar-refractivity contribution in [1.82, 2.24) is 21.3 Å². The molecule has 3 amide bonds. The van der Waals surface area contributed by atoms with Gasteiger partial charge >= 0.3 is 0 Å². The number of piperidine rings is 1. The first-order valence-electron chi connectivity index (χ1n) is 12.6. The van der Waals surface area contributed by atoms with Crippen LogP contribution in [0.25, 0.3) is 10.8 Å². The fourth-order valence-electron chi connectivity index (χ4n) is 4.63. The lowest BCUT2D eigenvalue weighted by atomic mass is 9.86. The van der Waals surface area contributed by atoms with E-state index in [1.54, 1.807) is 0 Å². The van der Waals surface area contributed by atoms with Crippen LogP contribution in [0.15, 0.2) is 66.7 Å². The van der Waals surface area contributed by atoms with Gasteiger partial charge < -0.3 is 21.3 Å². The highest BCUT2D eigenvalue weighted by atomic mass is 16.6. The van der Waals surface area contributed by atoms with Crippen LogP contribution in [-0.2, 0) is 20.8 Å². The second-order valence-corrected chi connectivity index (χ2v) is 9.34. The van der Waals surface area contributed by atoms with E-state index in [0.717, 1.165) is 28.5 Å². The molecule has 4 rings (SSSR count). The maximum atomic E-state index is 13.2. The molecule has 11 heteroatoms. The van der Waals surface area contributed by atoms with E-state index < -0.39 is 28.1 Å². The van der Waals surface area contributed by atoms with Gasteiger partial charge in [-0.25, -0.2) is 0 Å². The normalized spacial score (nSPS) is 14.3. The number of non-ortho nitro benzene ring substituents is 1. The van der Waals surface area contributed by atoms with Gasteiger partial charge in [0.1, 0.15) is 5.54 Å². The summed E-state index contributed by atoms with van der Waals surface area (Å²) in [6.45, 7) is 1.25. The van der Waals surface area contributed by atoms with Crippen molar-refractivity contribution in [3.8, 4) is 0 Å². The fraction of sp³-hybridized carbons (Fsp3) is 0.286.